The number of hydrogen-bond donors (Lipinski definition) is 4. The number of aryl methyl sites for hydroxylation is 3. The quantitative estimate of drug-likeness (QED) is 0.594. The molecule has 2 aromatic rings. The molecule has 0 saturated carbocycles. The lowest BCUT2D eigenvalue weighted by atomic mass is 10.1. The first kappa shape index (κ1) is 13.1. The van der Waals surface area contributed by atoms with Crippen molar-refractivity contribution in [2.24, 2.45) is 0 Å². The molecule has 0 aliphatic heterocycles. The van der Waals surface area contributed by atoms with E-state index < -0.39 is 0 Å². The summed E-state index contributed by atoms with van der Waals surface area (Å²) in [6.07, 6.45) is 3.53. The second-order valence-corrected chi connectivity index (χ2v) is 4.49. The Labute approximate surface area is 111 Å². The van der Waals surface area contributed by atoms with Crippen molar-refractivity contribution in [1.29, 1.82) is 0 Å². The third kappa shape index (κ3) is 2.93. The smallest absolute Gasteiger partial charge is 0.273 e. The van der Waals surface area contributed by atoms with Crippen molar-refractivity contribution >= 4 is 11.6 Å². The topological polar surface area (TPSA) is 112 Å². The predicted molar refractivity (Wildman–Crippen MR) is 71.7 cm³/mol. The van der Waals surface area contributed by atoms with Crippen LogP contribution in [-0.2, 0) is 6.42 Å². The van der Waals surface area contributed by atoms with E-state index >= 15 is 0 Å². The fourth-order valence-corrected chi connectivity index (χ4v) is 1.80. The lowest BCUT2D eigenvalue weighted by Gasteiger charge is -2.03. The van der Waals surface area contributed by atoms with E-state index in [4.69, 9.17) is 5.73 Å². The van der Waals surface area contributed by atoms with E-state index in [1.165, 1.54) is 5.56 Å². The molecule has 1 amide bonds. The number of H-pyrrole nitrogens is 2. The van der Waals surface area contributed by atoms with Gasteiger partial charge in [0.25, 0.3) is 5.91 Å². The average molecular weight is 262 g/mol. The van der Waals surface area contributed by atoms with Crippen LogP contribution >= 0.6 is 0 Å². The minimum Gasteiger partial charge on any atom is -0.395 e. The first-order chi connectivity index (χ1) is 9.09. The van der Waals surface area contributed by atoms with Gasteiger partial charge in [-0.25, -0.2) is 0 Å². The minimum atomic E-state index is -0.245. The molecule has 0 radical (unpaired) electrons. The highest BCUT2D eigenvalue weighted by Gasteiger charge is 2.14. The molecule has 7 nitrogen and oxygen atoms in total. The summed E-state index contributed by atoms with van der Waals surface area (Å²) in [5, 5.41) is 16.2. The number of rotatable bonds is 5. The second kappa shape index (κ2) is 5.55. The van der Waals surface area contributed by atoms with Crippen LogP contribution in [0.15, 0.2) is 6.20 Å². The summed E-state index contributed by atoms with van der Waals surface area (Å²) in [6, 6.07) is 0. The van der Waals surface area contributed by atoms with E-state index in [0.29, 0.717) is 17.9 Å². The number of carbonyl (C=O) groups excluding carboxylic acids is 1. The van der Waals surface area contributed by atoms with Crippen LogP contribution in [0.25, 0.3) is 0 Å². The number of nitrogens with one attached hydrogen (secondary N) is 3. The molecule has 0 atom stereocenters. The molecule has 0 bridgehead atoms. The Bertz CT molecular complexity index is 571. The van der Waals surface area contributed by atoms with Crippen LogP contribution in [-0.4, -0.2) is 32.8 Å². The lowest BCUT2D eigenvalue weighted by Crippen LogP contribution is -2.26. The van der Waals surface area contributed by atoms with Gasteiger partial charge in [0.15, 0.2) is 5.69 Å². The van der Waals surface area contributed by atoms with Crippen molar-refractivity contribution in [1.82, 2.24) is 25.7 Å². The van der Waals surface area contributed by atoms with E-state index in [0.717, 1.165) is 18.5 Å². The van der Waals surface area contributed by atoms with E-state index in [1.807, 2.05) is 13.1 Å². The minimum absolute atomic E-state index is 0.245. The molecule has 0 aliphatic rings. The number of carbonyl (C=O) groups is 1. The van der Waals surface area contributed by atoms with Gasteiger partial charge in [0.1, 0.15) is 0 Å². The zero-order chi connectivity index (χ0) is 13.8. The Morgan fingerprint density at radius 2 is 2.16 bits per heavy atom. The molecule has 5 N–H and O–H groups in total. The van der Waals surface area contributed by atoms with Gasteiger partial charge in [-0.3, -0.25) is 15.0 Å². The van der Waals surface area contributed by atoms with Crippen LogP contribution < -0.4 is 11.1 Å². The third-order valence-electron chi connectivity index (χ3n) is 3.05. The first-order valence-corrected chi connectivity index (χ1v) is 6.17. The monoisotopic (exact) mass is 262 g/mol. The molecular formula is C12H18N6O. The van der Waals surface area contributed by atoms with Crippen molar-refractivity contribution < 1.29 is 4.79 Å². The maximum atomic E-state index is 11.8. The summed E-state index contributed by atoms with van der Waals surface area (Å²) in [5.74, 6) is -0.245. The molecule has 19 heavy (non-hydrogen) atoms. The van der Waals surface area contributed by atoms with E-state index in [-0.39, 0.29) is 11.6 Å². The molecule has 0 spiro atoms. The molecular weight excluding hydrogens is 244 g/mol. The molecule has 0 aromatic carbocycles. The normalized spacial score (nSPS) is 10.6. The number of aromatic amines is 2. The zero-order valence-electron chi connectivity index (χ0n) is 11.1. The van der Waals surface area contributed by atoms with Crippen LogP contribution in [0.2, 0.25) is 0 Å². The van der Waals surface area contributed by atoms with Crippen molar-refractivity contribution in [3.05, 3.63) is 28.8 Å². The summed E-state index contributed by atoms with van der Waals surface area (Å²) in [6.45, 7) is 4.34. The SMILES string of the molecule is Cc1[nH]ncc1CCCNC(=O)c1n[nH]c(C)c1N. The maximum Gasteiger partial charge on any atom is 0.273 e. The van der Waals surface area contributed by atoms with Crippen LogP contribution in [0.3, 0.4) is 0 Å². The number of aromatic nitrogens is 4. The predicted octanol–water partition coefficient (Wildman–Crippen LogP) is 0.694. The molecule has 2 rings (SSSR count). The van der Waals surface area contributed by atoms with Gasteiger partial charge < -0.3 is 11.1 Å². The summed E-state index contributed by atoms with van der Waals surface area (Å²) >= 11 is 0. The molecule has 102 valence electrons. The number of anilines is 1. The van der Waals surface area contributed by atoms with Gasteiger partial charge in [-0.2, -0.15) is 10.2 Å². The Kier molecular flexibility index (Phi) is 3.84. The van der Waals surface area contributed by atoms with E-state index in [2.05, 4.69) is 25.7 Å². The molecule has 2 heterocycles. The average Bonchev–Trinajstić information content (AvgIpc) is 2.93. The molecule has 2 aromatic heterocycles. The van der Waals surface area contributed by atoms with E-state index in [9.17, 15) is 4.79 Å². The Morgan fingerprint density at radius 1 is 1.37 bits per heavy atom. The second-order valence-electron chi connectivity index (χ2n) is 4.49. The van der Waals surface area contributed by atoms with Crippen molar-refractivity contribution in [3.63, 3.8) is 0 Å². The van der Waals surface area contributed by atoms with Gasteiger partial charge in [0.05, 0.1) is 17.6 Å². The highest BCUT2D eigenvalue weighted by molar-refractivity contribution is 5.97. The lowest BCUT2D eigenvalue weighted by molar-refractivity contribution is 0.0949. The van der Waals surface area contributed by atoms with Gasteiger partial charge in [-0.15, -0.1) is 0 Å². The van der Waals surface area contributed by atoms with Crippen LogP contribution in [0.1, 0.15) is 33.9 Å². The summed E-state index contributed by atoms with van der Waals surface area (Å²) < 4.78 is 0. The highest BCUT2D eigenvalue weighted by atomic mass is 16.1. The third-order valence-corrected chi connectivity index (χ3v) is 3.05. The Balaban J connectivity index is 1.79. The van der Waals surface area contributed by atoms with Crippen molar-refractivity contribution in [2.75, 3.05) is 12.3 Å². The van der Waals surface area contributed by atoms with Crippen molar-refractivity contribution in [2.45, 2.75) is 26.7 Å². The Hall–Kier alpha value is -2.31. The van der Waals surface area contributed by atoms with Gasteiger partial charge in [-0.1, -0.05) is 0 Å². The van der Waals surface area contributed by atoms with Gasteiger partial charge in [-0.05, 0) is 32.3 Å². The van der Waals surface area contributed by atoms with Crippen LogP contribution in [0.4, 0.5) is 5.69 Å². The van der Waals surface area contributed by atoms with Gasteiger partial charge >= 0.3 is 0 Å². The van der Waals surface area contributed by atoms with Crippen molar-refractivity contribution in [3.8, 4) is 0 Å². The largest absolute Gasteiger partial charge is 0.395 e. The summed E-state index contributed by atoms with van der Waals surface area (Å²) in [4.78, 5) is 11.8. The number of nitrogens with zero attached hydrogens (tertiary/aromatic N) is 2. The first-order valence-electron chi connectivity index (χ1n) is 6.17. The molecule has 0 aliphatic carbocycles. The fraction of sp³-hybridized carbons (Fsp3) is 0.417. The fourth-order valence-electron chi connectivity index (χ4n) is 1.80. The van der Waals surface area contributed by atoms with Gasteiger partial charge in [0.2, 0.25) is 0 Å². The highest BCUT2D eigenvalue weighted by Crippen LogP contribution is 2.12. The van der Waals surface area contributed by atoms with Crippen LogP contribution in [0, 0.1) is 13.8 Å². The number of nitrogens with two attached hydrogens (primary N) is 1. The number of amides is 1. The Morgan fingerprint density at radius 3 is 2.74 bits per heavy atom. The maximum absolute atomic E-state index is 11.8. The number of nitrogen functional groups attached to an aromatic ring is 1. The zero-order valence-corrected chi connectivity index (χ0v) is 11.1. The van der Waals surface area contributed by atoms with Crippen LogP contribution in [0.5, 0.6) is 0 Å². The van der Waals surface area contributed by atoms with Gasteiger partial charge in [0, 0.05) is 12.2 Å². The van der Waals surface area contributed by atoms with E-state index in [1.54, 1.807) is 6.92 Å². The molecule has 0 fully saturated rings. The molecule has 0 unspecified atom stereocenters. The summed E-state index contributed by atoms with van der Waals surface area (Å²) in [7, 11) is 0. The number of hydrogen-bond acceptors (Lipinski definition) is 4. The summed E-state index contributed by atoms with van der Waals surface area (Å²) in [5.41, 5.74) is 9.35. The standard InChI is InChI=1S/C12H18N6O/c1-7-9(6-15-16-7)4-3-5-14-12(19)11-10(13)8(2)17-18-11/h6H,3-5,13H2,1-2H3,(H,14,19)(H,15,16)(H,17,18). The molecule has 0 saturated heterocycles. The molecule has 7 heteroatoms.